The average molecular weight is 447 g/mol. The van der Waals surface area contributed by atoms with Gasteiger partial charge in [0.05, 0.1) is 17.0 Å². The lowest BCUT2D eigenvalue weighted by Gasteiger charge is -2.10. The van der Waals surface area contributed by atoms with Gasteiger partial charge in [-0.1, -0.05) is 66.4 Å². The number of aromatic nitrogens is 3. The third-order valence-electron chi connectivity index (χ3n) is 4.59. The van der Waals surface area contributed by atoms with E-state index in [4.69, 9.17) is 5.84 Å². The fourth-order valence-electron chi connectivity index (χ4n) is 3.05. The van der Waals surface area contributed by atoms with Crippen molar-refractivity contribution in [2.45, 2.75) is 5.16 Å². The quantitative estimate of drug-likeness (QED) is 0.254. The number of nitrogens with zero attached hydrogens (tertiary/aromatic N) is 3. The summed E-state index contributed by atoms with van der Waals surface area (Å²) in [5.41, 5.74) is 1.54. The number of carbonyl (C=O) groups is 2. The van der Waals surface area contributed by atoms with E-state index in [9.17, 15) is 14.0 Å². The van der Waals surface area contributed by atoms with Crippen molar-refractivity contribution in [2.75, 3.05) is 16.9 Å². The molecule has 0 aliphatic heterocycles. The van der Waals surface area contributed by atoms with Crippen molar-refractivity contribution in [1.29, 1.82) is 0 Å². The second-order valence-electron chi connectivity index (χ2n) is 6.73. The molecule has 7 nitrogen and oxygen atoms in total. The molecule has 1 heterocycles. The molecule has 4 rings (SSSR count). The molecule has 4 aromatic rings. The summed E-state index contributed by atoms with van der Waals surface area (Å²) in [5, 5.41) is 10.9. The number of anilines is 1. The van der Waals surface area contributed by atoms with Gasteiger partial charge in [-0.15, -0.1) is 10.2 Å². The van der Waals surface area contributed by atoms with E-state index in [1.54, 1.807) is 66.7 Å². The number of hydrogen-bond acceptors (Lipinski definition) is 6. The van der Waals surface area contributed by atoms with Crippen LogP contribution in [0.1, 0.15) is 15.9 Å². The molecule has 0 saturated carbocycles. The van der Waals surface area contributed by atoms with E-state index in [2.05, 4.69) is 15.5 Å². The topological polar surface area (TPSA) is 103 Å². The van der Waals surface area contributed by atoms with Gasteiger partial charge in [0, 0.05) is 11.1 Å². The Bertz CT molecular complexity index is 1280. The molecule has 0 bridgehead atoms. The highest BCUT2D eigenvalue weighted by atomic mass is 32.2. The van der Waals surface area contributed by atoms with E-state index in [0.717, 1.165) is 16.4 Å². The summed E-state index contributed by atoms with van der Waals surface area (Å²) in [7, 11) is 0. The van der Waals surface area contributed by atoms with Crippen molar-refractivity contribution < 1.29 is 14.0 Å². The molecule has 160 valence electrons. The number of rotatable bonds is 7. The molecule has 0 aliphatic rings. The van der Waals surface area contributed by atoms with Crippen LogP contribution in [0.25, 0.3) is 11.4 Å². The van der Waals surface area contributed by atoms with Crippen LogP contribution in [0, 0.1) is 5.82 Å². The van der Waals surface area contributed by atoms with Crippen LogP contribution >= 0.6 is 11.8 Å². The van der Waals surface area contributed by atoms with Crippen LogP contribution < -0.4 is 11.2 Å². The van der Waals surface area contributed by atoms with E-state index >= 15 is 0 Å². The highest BCUT2D eigenvalue weighted by molar-refractivity contribution is 7.99. The highest BCUT2D eigenvalue weighted by Crippen LogP contribution is 2.24. The monoisotopic (exact) mass is 447 g/mol. The van der Waals surface area contributed by atoms with Gasteiger partial charge in [0.1, 0.15) is 5.82 Å². The van der Waals surface area contributed by atoms with Crippen molar-refractivity contribution in [3.63, 3.8) is 0 Å². The molecule has 1 amide bonds. The first-order valence-corrected chi connectivity index (χ1v) is 10.6. The maximum Gasteiger partial charge on any atom is 0.234 e. The lowest BCUT2D eigenvalue weighted by atomic mass is 10.0. The zero-order valence-electron chi connectivity index (χ0n) is 16.7. The van der Waals surface area contributed by atoms with Gasteiger partial charge < -0.3 is 11.2 Å². The number of ketones is 1. The Balaban J connectivity index is 1.45. The van der Waals surface area contributed by atoms with Crippen molar-refractivity contribution in [3.8, 4) is 11.4 Å². The van der Waals surface area contributed by atoms with Gasteiger partial charge in [-0.2, -0.15) is 0 Å². The Morgan fingerprint density at radius 2 is 1.62 bits per heavy atom. The van der Waals surface area contributed by atoms with Gasteiger partial charge >= 0.3 is 0 Å². The lowest BCUT2D eigenvalue weighted by molar-refractivity contribution is -0.113. The number of nitrogen functional groups attached to an aromatic ring is 1. The van der Waals surface area contributed by atoms with E-state index in [-0.39, 0.29) is 34.0 Å². The smallest absolute Gasteiger partial charge is 0.234 e. The largest absolute Gasteiger partial charge is 0.335 e. The normalized spacial score (nSPS) is 10.7. The summed E-state index contributed by atoms with van der Waals surface area (Å²) in [6.07, 6.45) is 0. The van der Waals surface area contributed by atoms with Gasteiger partial charge in [0.15, 0.2) is 11.6 Å². The minimum absolute atomic E-state index is 0.0273. The molecule has 0 radical (unpaired) electrons. The summed E-state index contributed by atoms with van der Waals surface area (Å²) in [4.78, 5) is 25.4. The van der Waals surface area contributed by atoms with Gasteiger partial charge in [-0.3, -0.25) is 9.59 Å². The molecule has 3 aromatic carbocycles. The predicted molar refractivity (Wildman–Crippen MR) is 121 cm³/mol. The first kappa shape index (κ1) is 21.3. The molecule has 0 atom stereocenters. The van der Waals surface area contributed by atoms with Crippen LogP contribution in [-0.2, 0) is 4.79 Å². The molecule has 0 unspecified atom stereocenters. The molecular weight excluding hydrogens is 429 g/mol. The van der Waals surface area contributed by atoms with Crippen LogP contribution in [-0.4, -0.2) is 32.3 Å². The first-order valence-electron chi connectivity index (χ1n) is 9.61. The number of benzene rings is 3. The third kappa shape index (κ3) is 4.52. The number of para-hydroxylation sites is 1. The third-order valence-corrected chi connectivity index (χ3v) is 5.54. The van der Waals surface area contributed by atoms with Crippen molar-refractivity contribution in [2.24, 2.45) is 0 Å². The zero-order valence-corrected chi connectivity index (χ0v) is 17.6. The first-order chi connectivity index (χ1) is 15.5. The van der Waals surface area contributed by atoms with Crippen LogP contribution in [0.2, 0.25) is 0 Å². The van der Waals surface area contributed by atoms with E-state index in [1.165, 1.54) is 6.07 Å². The summed E-state index contributed by atoms with van der Waals surface area (Å²) in [6, 6.07) is 21.7. The Morgan fingerprint density at radius 1 is 0.938 bits per heavy atom. The molecule has 3 N–H and O–H groups in total. The molecule has 0 fully saturated rings. The number of halogens is 1. The van der Waals surface area contributed by atoms with Gasteiger partial charge in [-0.05, 0) is 24.3 Å². The average Bonchev–Trinajstić information content (AvgIpc) is 3.18. The van der Waals surface area contributed by atoms with Crippen LogP contribution in [0.4, 0.5) is 10.1 Å². The summed E-state index contributed by atoms with van der Waals surface area (Å²) >= 11 is 1.05. The second-order valence-corrected chi connectivity index (χ2v) is 7.68. The minimum Gasteiger partial charge on any atom is -0.335 e. The molecule has 9 heteroatoms. The minimum atomic E-state index is -0.472. The number of amides is 1. The fourth-order valence-corrected chi connectivity index (χ4v) is 3.71. The Labute approximate surface area is 187 Å². The van der Waals surface area contributed by atoms with Gasteiger partial charge in [-0.25, -0.2) is 9.07 Å². The van der Waals surface area contributed by atoms with Crippen molar-refractivity contribution in [3.05, 3.63) is 95.8 Å². The molecule has 0 saturated heterocycles. The summed E-state index contributed by atoms with van der Waals surface area (Å²) < 4.78 is 15.2. The zero-order chi connectivity index (χ0) is 22.5. The van der Waals surface area contributed by atoms with E-state index in [1.807, 2.05) is 6.07 Å². The Kier molecular flexibility index (Phi) is 6.27. The summed E-state index contributed by atoms with van der Waals surface area (Å²) in [5.74, 6) is 5.12. The number of nitrogens with one attached hydrogen (secondary N) is 1. The van der Waals surface area contributed by atoms with Crippen LogP contribution in [0.15, 0.2) is 84.0 Å². The standard InChI is InChI=1S/C23H18FN5O2S/c24-18-12-6-4-10-16(18)22-27-28-23(29(22)25)32-14-20(30)26-19-13-7-5-11-17(19)21(31)15-8-2-1-3-9-15/h1-13H,14,25H2,(H,26,30). The second kappa shape index (κ2) is 9.44. The molecule has 0 spiro atoms. The Hall–Kier alpha value is -3.98. The number of hydrogen-bond donors (Lipinski definition) is 2. The van der Waals surface area contributed by atoms with Crippen molar-refractivity contribution in [1.82, 2.24) is 14.9 Å². The summed E-state index contributed by atoms with van der Waals surface area (Å²) in [6.45, 7) is 0. The van der Waals surface area contributed by atoms with Crippen molar-refractivity contribution >= 4 is 29.1 Å². The van der Waals surface area contributed by atoms with Crippen LogP contribution in [0.3, 0.4) is 0 Å². The van der Waals surface area contributed by atoms with E-state index < -0.39 is 5.82 Å². The van der Waals surface area contributed by atoms with E-state index in [0.29, 0.717) is 16.8 Å². The maximum absolute atomic E-state index is 14.0. The molecule has 1 aromatic heterocycles. The molecular formula is C23H18FN5O2S. The van der Waals surface area contributed by atoms with Gasteiger partial charge in [0.2, 0.25) is 11.1 Å². The van der Waals surface area contributed by atoms with Crippen LogP contribution in [0.5, 0.6) is 0 Å². The Morgan fingerprint density at radius 3 is 2.41 bits per heavy atom. The number of carbonyl (C=O) groups excluding carboxylic acids is 2. The van der Waals surface area contributed by atoms with Gasteiger partial charge in [0.25, 0.3) is 0 Å². The number of thioether (sulfide) groups is 1. The number of nitrogens with two attached hydrogens (primary N) is 1. The highest BCUT2D eigenvalue weighted by Gasteiger charge is 2.18. The lowest BCUT2D eigenvalue weighted by Crippen LogP contribution is -2.18. The predicted octanol–water partition coefficient (Wildman–Crippen LogP) is 3.76. The molecule has 0 aliphatic carbocycles. The SMILES string of the molecule is Nn1c(SCC(=O)Nc2ccccc2C(=O)c2ccccc2)nnc1-c1ccccc1F. The maximum atomic E-state index is 14.0. The fraction of sp³-hybridized carbons (Fsp3) is 0.0435. The molecule has 32 heavy (non-hydrogen) atoms.